The molecule has 1 aromatic rings. The SMILES string of the molecule is COCCC(=O)N1CC[C@@H](c2ccccc2Cl)C1. The van der Waals surface area contributed by atoms with Crippen LogP contribution in [0, 0.1) is 0 Å². The van der Waals surface area contributed by atoms with Gasteiger partial charge < -0.3 is 9.64 Å². The van der Waals surface area contributed by atoms with Crippen molar-refractivity contribution in [3.8, 4) is 0 Å². The number of hydrogen-bond donors (Lipinski definition) is 0. The molecule has 0 radical (unpaired) electrons. The number of halogens is 1. The molecule has 98 valence electrons. The van der Waals surface area contributed by atoms with E-state index in [2.05, 4.69) is 6.07 Å². The summed E-state index contributed by atoms with van der Waals surface area (Å²) in [4.78, 5) is 13.8. The van der Waals surface area contributed by atoms with Gasteiger partial charge in [0, 0.05) is 31.1 Å². The minimum Gasteiger partial charge on any atom is -0.384 e. The van der Waals surface area contributed by atoms with Crippen LogP contribution in [0.5, 0.6) is 0 Å². The Hall–Kier alpha value is -1.06. The molecule has 1 saturated heterocycles. The first-order chi connectivity index (χ1) is 8.72. The largest absolute Gasteiger partial charge is 0.384 e. The highest BCUT2D eigenvalue weighted by Crippen LogP contribution is 2.31. The molecule has 0 N–H and O–H groups in total. The second-order valence-corrected chi connectivity index (χ2v) is 5.00. The fraction of sp³-hybridized carbons (Fsp3) is 0.500. The summed E-state index contributed by atoms with van der Waals surface area (Å²) in [6, 6.07) is 7.89. The predicted octanol–water partition coefficient (Wildman–Crippen LogP) is 2.69. The Bertz CT molecular complexity index is 422. The second kappa shape index (κ2) is 6.21. The molecule has 0 unspecified atom stereocenters. The molecule has 0 aromatic heterocycles. The lowest BCUT2D eigenvalue weighted by molar-refractivity contribution is -0.131. The van der Waals surface area contributed by atoms with Gasteiger partial charge in [-0.2, -0.15) is 0 Å². The molecule has 1 aliphatic rings. The minimum atomic E-state index is 0.173. The fourth-order valence-electron chi connectivity index (χ4n) is 2.39. The molecule has 1 atom stereocenters. The first-order valence-corrected chi connectivity index (χ1v) is 6.61. The van der Waals surface area contributed by atoms with Gasteiger partial charge in [0.05, 0.1) is 13.0 Å². The quantitative estimate of drug-likeness (QED) is 0.839. The summed E-state index contributed by atoms with van der Waals surface area (Å²) in [6.07, 6.45) is 1.45. The number of amides is 1. The lowest BCUT2D eigenvalue weighted by atomic mass is 9.98. The molecule has 18 heavy (non-hydrogen) atoms. The third kappa shape index (κ3) is 3.03. The molecular formula is C14H18ClNO2. The molecule has 1 fully saturated rings. The molecular weight excluding hydrogens is 250 g/mol. The van der Waals surface area contributed by atoms with Crippen molar-refractivity contribution >= 4 is 17.5 Å². The highest BCUT2D eigenvalue weighted by molar-refractivity contribution is 6.31. The number of hydrogen-bond acceptors (Lipinski definition) is 2. The van der Waals surface area contributed by atoms with Crippen LogP contribution in [0.4, 0.5) is 0 Å². The molecule has 0 spiro atoms. The van der Waals surface area contributed by atoms with Crippen LogP contribution in [0.25, 0.3) is 0 Å². The van der Waals surface area contributed by atoms with Crippen molar-refractivity contribution in [2.45, 2.75) is 18.8 Å². The molecule has 0 aliphatic carbocycles. The molecule has 3 nitrogen and oxygen atoms in total. The van der Waals surface area contributed by atoms with Crippen LogP contribution in [0.2, 0.25) is 5.02 Å². The first-order valence-electron chi connectivity index (χ1n) is 6.23. The van der Waals surface area contributed by atoms with Gasteiger partial charge in [0.15, 0.2) is 0 Å². The van der Waals surface area contributed by atoms with E-state index in [4.69, 9.17) is 16.3 Å². The normalized spacial score (nSPS) is 19.2. The van der Waals surface area contributed by atoms with E-state index in [1.807, 2.05) is 23.1 Å². The standard InChI is InChI=1S/C14H18ClNO2/c1-18-9-7-14(17)16-8-6-11(10-16)12-4-2-3-5-13(12)15/h2-5,11H,6-10H2,1H3/t11-/m1/s1. The lowest BCUT2D eigenvalue weighted by Gasteiger charge is -2.17. The zero-order chi connectivity index (χ0) is 13.0. The van der Waals surface area contributed by atoms with E-state index in [9.17, 15) is 4.79 Å². The Morgan fingerprint density at radius 2 is 2.28 bits per heavy atom. The van der Waals surface area contributed by atoms with Crippen molar-refractivity contribution in [2.24, 2.45) is 0 Å². The van der Waals surface area contributed by atoms with Crippen LogP contribution in [0.1, 0.15) is 24.3 Å². The van der Waals surface area contributed by atoms with Crippen LogP contribution in [-0.2, 0) is 9.53 Å². The average molecular weight is 268 g/mol. The van der Waals surface area contributed by atoms with Crippen molar-refractivity contribution in [3.63, 3.8) is 0 Å². The summed E-state index contributed by atoms with van der Waals surface area (Å²) in [7, 11) is 1.61. The Labute approximate surface area is 113 Å². The average Bonchev–Trinajstić information content (AvgIpc) is 2.86. The second-order valence-electron chi connectivity index (χ2n) is 4.59. The number of nitrogens with zero attached hydrogens (tertiary/aromatic N) is 1. The van der Waals surface area contributed by atoms with Crippen LogP contribution < -0.4 is 0 Å². The van der Waals surface area contributed by atoms with Crippen LogP contribution >= 0.6 is 11.6 Å². The maximum atomic E-state index is 11.9. The van der Waals surface area contributed by atoms with Gasteiger partial charge in [-0.15, -0.1) is 0 Å². The first kappa shape index (κ1) is 13.4. The zero-order valence-electron chi connectivity index (χ0n) is 10.6. The molecule has 0 bridgehead atoms. The summed E-state index contributed by atoms with van der Waals surface area (Å²) in [5, 5.41) is 0.800. The number of methoxy groups -OCH3 is 1. The van der Waals surface area contributed by atoms with Gasteiger partial charge in [0.25, 0.3) is 0 Å². The minimum absolute atomic E-state index is 0.173. The number of benzene rings is 1. The van der Waals surface area contributed by atoms with Gasteiger partial charge in [0.1, 0.15) is 0 Å². The number of ether oxygens (including phenoxy) is 1. The van der Waals surface area contributed by atoms with Gasteiger partial charge in [-0.3, -0.25) is 4.79 Å². The summed E-state index contributed by atoms with van der Waals surface area (Å²) >= 11 is 6.19. The van der Waals surface area contributed by atoms with E-state index in [1.54, 1.807) is 7.11 Å². The summed E-state index contributed by atoms with van der Waals surface area (Å²) in [5.41, 5.74) is 1.15. The fourth-order valence-corrected chi connectivity index (χ4v) is 2.68. The summed E-state index contributed by atoms with van der Waals surface area (Å²) in [6.45, 7) is 2.08. The molecule has 1 aliphatic heterocycles. The smallest absolute Gasteiger partial charge is 0.224 e. The van der Waals surface area contributed by atoms with E-state index < -0.39 is 0 Å². The van der Waals surface area contributed by atoms with E-state index in [-0.39, 0.29) is 5.91 Å². The van der Waals surface area contributed by atoms with Crippen molar-refractivity contribution in [1.82, 2.24) is 4.90 Å². The maximum Gasteiger partial charge on any atom is 0.224 e. The lowest BCUT2D eigenvalue weighted by Crippen LogP contribution is -2.29. The van der Waals surface area contributed by atoms with E-state index in [0.29, 0.717) is 18.9 Å². The highest BCUT2D eigenvalue weighted by atomic mass is 35.5. The number of rotatable bonds is 4. The maximum absolute atomic E-state index is 11.9. The van der Waals surface area contributed by atoms with Gasteiger partial charge in [-0.05, 0) is 18.1 Å². The third-order valence-electron chi connectivity index (χ3n) is 3.41. The topological polar surface area (TPSA) is 29.5 Å². The Kier molecular flexibility index (Phi) is 4.61. The highest BCUT2D eigenvalue weighted by Gasteiger charge is 2.27. The van der Waals surface area contributed by atoms with Crippen molar-refractivity contribution in [1.29, 1.82) is 0 Å². The molecule has 2 rings (SSSR count). The summed E-state index contributed by atoms with van der Waals surface area (Å²) in [5.74, 6) is 0.539. The van der Waals surface area contributed by atoms with Crippen LogP contribution in [0.15, 0.2) is 24.3 Å². The third-order valence-corrected chi connectivity index (χ3v) is 3.75. The zero-order valence-corrected chi connectivity index (χ0v) is 11.3. The van der Waals surface area contributed by atoms with Gasteiger partial charge in [0.2, 0.25) is 5.91 Å². The van der Waals surface area contributed by atoms with Gasteiger partial charge in [-0.1, -0.05) is 29.8 Å². The van der Waals surface area contributed by atoms with Crippen LogP contribution in [0.3, 0.4) is 0 Å². The van der Waals surface area contributed by atoms with E-state index >= 15 is 0 Å². The predicted molar refractivity (Wildman–Crippen MR) is 71.9 cm³/mol. The molecule has 4 heteroatoms. The Balaban J connectivity index is 1.96. The molecule has 1 heterocycles. The van der Waals surface area contributed by atoms with Crippen molar-refractivity contribution < 1.29 is 9.53 Å². The van der Waals surface area contributed by atoms with Gasteiger partial charge >= 0.3 is 0 Å². The Morgan fingerprint density at radius 1 is 1.50 bits per heavy atom. The van der Waals surface area contributed by atoms with Crippen molar-refractivity contribution in [2.75, 3.05) is 26.8 Å². The number of likely N-dealkylation sites (tertiary alicyclic amines) is 1. The molecule has 1 amide bonds. The van der Waals surface area contributed by atoms with E-state index in [0.717, 1.165) is 30.1 Å². The van der Waals surface area contributed by atoms with E-state index in [1.165, 1.54) is 0 Å². The summed E-state index contributed by atoms with van der Waals surface area (Å²) < 4.78 is 4.93. The monoisotopic (exact) mass is 267 g/mol. The van der Waals surface area contributed by atoms with Gasteiger partial charge in [-0.25, -0.2) is 0 Å². The van der Waals surface area contributed by atoms with Crippen LogP contribution in [-0.4, -0.2) is 37.6 Å². The number of carbonyl (C=O) groups excluding carboxylic acids is 1. The molecule has 1 aromatic carbocycles. The molecule has 0 saturated carbocycles. The number of carbonyl (C=O) groups is 1. The van der Waals surface area contributed by atoms with Crippen molar-refractivity contribution in [3.05, 3.63) is 34.9 Å². The Morgan fingerprint density at radius 3 is 3.00 bits per heavy atom.